The smallest absolute Gasteiger partial charge is 0.307 e. The Bertz CT molecular complexity index is 908. The zero-order chi connectivity index (χ0) is 21.4. The van der Waals surface area contributed by atoms with Crippen molar-refractivity contribution in [2.24, 2.45) is 0 Å². The topological polar surface area (TPSA) is 105 Å². The largest absolute Gasteiger partial charge is 0.496 e. The molecule has 7 nitrogen and oxygen atoms in total. The Morgan fingerprint density at radius 1 is 1.03 bits per heavy atom. The quantitative estimate of drug-likeness (QED) is 0.532. The molecule has 0 atom stereocenters. The fourth-order valence-corrected chi connectivity index (χ4v) is 3.00. The molecule has 2 aromatic rings. The monoisotopic (exact) mass is 398 g/mol. The lowest BCUT2D eigenvalue weighted by atomic mass is 9.95. The Morgan fingerprint density at radius 2 is 1.79 bits per heavy atom. The minimum atomic E-state index is -0.917. The molecule has 0 saturated carbocycles. The summed E-state index contributed by atoms with van der Waals surface area (Å²) in [5, 5.41) is 15.1. The van der Waals surface area contributed by atoms with Crippen LogP contribution in [0.5, 0.6) is 5.75 Å². The van der Waals surface area contributed by atoms with Gasteiger partial charge in [-0.1, -0.05) is 12.1 Å². The lowest BCUT2D eigenvalue weighted by molar-refractivity contribution is -0.136. The van der Waals surface area contributed by atoms with Crippen LogP contribution in [0.3, 0.4) is 0 Å². The maximum absolute atomic E-state index is 11.5. The predicted octanol–water partition coefficient (Wildman–Crippen LogP) is 3.02. The van der Waals surface area contributed by atoms with Crippen molar-refractivity contribution in [2.75, 3.05) is 19.0 Å². The minimum Gasteiger partial charge on any atom is -0.496 e. The number of Topliss-reactive ketones (excluding diaryl/α,β-unsaturated/α-hetero) is 1. The summed E-state index contributed by atoms with van der Waals surface area (Å²) >= 11 is 0. The number of carboxylic acid groups (broad SMARTS) is 1. The molecule has 7 heteroatoms. The van der Waals surface area contributed by atoms with Crippen molar-refractivity contribution in [2.45, 2.75) is 33.2 Å². The van der Waals surface area contributed by atoms with Crippen molar-refractivity contribution < 1.29 is 24.2 Å². The highest BCUT2D eigenvalue weighted by molar-refractivity contribution is 5.90. The lowest BCUT2D eigenvalue weighted by Gasteiger charge is -2.17. The van der Waals surface area contributed by atoms with Gasteiger partial charge in [0.25, 0.3) is 0 Å². The van der Waals surface area contributed by atoms with E-state index in [4.69, 9.17) is 9.84 Å². The molecule has 0 aliphatic carbocycles. The Morgan fingerprint density at radius 3 is 2.41 bits per heavy atom. The van der Waals surface area contributed by atoms with Crippen LogP contribution in [0.15, 0.2) is 36.4 Å². The number of hydrogen-bond donors (Lipinski definition) is 3. The number of nitrogens with one attached hydrogen (secondary N) is 2. The van der Waals surface area contributed by atoms with E-state index in [1.807, 2.05) is 12.1 Å². The number of benzene rings is 2. The van der Waals surface area contributed by atoms with Crippen LogP contribution in [0.4, 0.5) is 5.69 Å². The highest BCUT2D eigenvalue weighted by Gasteiger charge is 2.14. The second kappa shape index (κ2) is 10.4. The third-order valence-electron chi connectivity index (χ3n) is 4.31. The van der Waals surface area contributed by atoms with Crippen LogP contribution in [0, 0.1) is 0 Å². The Hall–Kier alpha value is -3.19. The first-order chi connectivity index (χ1) is 13.8. The van der Waals surface area contributed by atoms with Crippen LogP contribution < -0.4 is 15.4 Å². The van der Waals surface area contributed by atoms with E-state index in [1.54, 1.807) is 38.3 Å². The summed E-state index contributed by atoms with van der Waals surface area (Å²) < 4.78 is 5.49. The van der Waals surface area contributed by atoms with Gasteiger partial charge in [0.1, 0.15) is 11.5 Å². The molecule has 29 heavy (non-hydrogen) atoms. The summed E-state index contributed by atoms with van der Waals surface area (Å²) in [5.74, 6) is -0.389. The molecule has 3 N–H and O–H groups in total. The van der Waals surface area contributed by atoms with Gasteiger partial charge in [-0.3, -0.25) is 14.4 Å². The minimum absolute atomic E-state index is 0.103. The highest BCUT2D eigenvalue weighted by atomic mass is 16.5. The van der Waals surface area contributed by atoms with Crippen LogP contribution in [0.1, 0.15) is 31.4 Å². The van der Waals surface area contributed by atoms with Gasteiger partial charge in [0.2, 0.25) is 5.91 Å². The standard InChI is InChI=1S/C22H26N2O5/c1-14(25)8-9-23-13-17-5-6-18(24-15(2)26)12-19(17)20-10-16(11-22(27)28)4-7-21(20)29-3/h4-7,10,12,23H,8-9,11,13H2,1-3H3,(H,24,26)(H,27,28). The summed E-state index contributed by atoms with van der Waals surface area (Å²) in [6.07, 6.45) is 0.339. The molecule has 0 fully saturated rings. The van der Waals surface area contributed by atoms with Crippen LogP contribution in [-0.2, 0) is 27.3 Å². The van der Waals surface area contributed by atoms with Gasteiger partial charge < -0.3 is 20.5 Å². The maximum Gasteiger partial charge on any atom is 0.307 e. The number of carbonyl (C=O) groups is 3. The Balaban J connectivity index is 2.46. The van der Waals surface area contributed by atoms with Gasteiger partial charge in [0.15, 0.2) is 0 Å². The maximum atomic E-state index is 11.5. The van der Waals surface area contributed by atoms with Crippen molar-refractivity contribution in [3.05, 3.63) is 47.5 Å². The van der Waals surface area contributed by atoms with Gasteiger partial charge in [-0.15, -0.1) is 0 Å². The zero-order valence-corrected chi connectivity index (χ0v) is 16.9. The summed E-state index contributed by atoms with van der Waals surface area (Å²) in [7, 11) is 1.55. The summed E-state index contributed by atoms with van der Waals surface area (Å²) in [5.41, 5.74) is 3.77. The normalized spacial score (nSPS) is 10.4. The number of rotatable bonds is 10. The molecule has 0 unspecified atom stereocenters. The van der Waals surface area contributed by atoms with E-state index < -0.39 is 5.97 Å². The SMILES string of the molecule is COc1ccc(CC(=O)O)cc1-c1cc(NC(C)=O)ccc1CNCCC(C)=O. The molecule has 0 bridgehead atoms. The number of amides is 1. The van der Waals surface area contributed by atoms with E-state index in [0.717, 1.165) is 16.7 Å². The van der Waals surface area contributed by atoms with Gasteiger partial charge in [-0.05, 0) is 47.9 Å². The molecular weight excluding hydrogens is 372 g/mol. The van der Waals surface area contributed by atoms with E-state index >= 15 is 0 Å². The van der Waals surface area contributed by atoms with Gasteiger partial charge >= 0.3 is 5.97 Å². The van der Waals surface area contributed by atoms with Gasteiger partial charge in [0.05, 0.1) is 13.5 Å². The first-order valence-electron chi connectivity index (χ1n) is 9.30. The summed E-state index contributed by atoms with van der Waals surface area (Å²) in [6.45, 7) is 4.05. The van der Waals surface area contributed by atoms with Gasteiger partial charge in [-0.25, -0.2) is 0 Å². The summed E-state index contributed by atoms with van der Waals surface area (Å²) in [6, 6.07) is 10.8. The fourth-order valence-electron chi connectivity index (χ4n) is 3.00. The van der Waals surface area contributed by atoms with E-state index in [-0.39, 0.29) is 18.1 Å². The molecule has 2 aromatic carbocycles. The molecule has 0 saturated heterocycles. The number of ether oxygens (including phenoxy) is 1. The number of methoxy groups -OCH3 is 1. The van der Waals surface area contributed by atoms with Crippen LogP contribution in [0.25, 0.3) is 11.1 Å². The van der Waals surface area contributed by atoms with Crippen molar-refractivity contribution >= 4 is 23.3 Å². The lowest BCUT2D eigenvalue weighted by Crippen LogP contribution is -2.17. The van der Waals surface area contributed by atoms with Crippen molar-refractivity contribution in [1.29, 1.82) is 0 Å². The van der Waals surface area contributed by atoms with Crippen molar-refractivity contribution in [3.8, 4) is 16.9 Å². The molecule has 0 aliphatic heterocycles. The fraction of sp³-hybridized carbons (Fsp3) is 0.318. The number of anilines is 1. The molecule has 0 aliphatic rings. The number of aliphatic carboxylic acids is 1. The van der Waals surface area contributed by atoms with Crippen LogP contribution in [-0.4, -0.2) is 36.4 Å². The average Bonchev–Trinajstić information content (AvgIpc) is 2.65. The Labute approximate surface area is 170 Å². The second-order valence-electron chi connectivity index (χ2n) is 6.79. The Kier molecular flexibility index (Phi) is 7.91. The number of carboxylic acids is 1. The first-order valence-corrected chi connectivity index (χ1v) is 9.30. The molecule has 0 radical (unpaired) electrons. The second-order valence-corrected chi connectivity index (χ2v) is 6.79. The van der Waals surface area contributed by atoms with E-state index in [0.29, 0.717) is 36.5 Å². The molecule has 2 rings (SSSR count). The third kappa shape index (κ3) is 6.73. The molecule has 1 amide bonds. The number of ketones is 1. The van der Waals surface area contributed by atoms with E-state index in [2.05, 4.69) is 10.6 Å². The zero-order valence-electron chi connectivity index (χ0n) is 16.9. The molecule has 0 aromatic heterocycles. The highest BCUT2D eigenvalue weighted by Crippen LogP contribution is 2.35. The number of carbonyl (C=O) groups excluding carboxylic acids is 2. The molecule has 0 heterocycles. The molecular formula is C22H26N2O5. The van der Waals surface area contributed by atoms with Crippen LogP contribution in [0.2, 0.25) is 0 Å². The first kappa shape index (κ1) is 22.1. The summed E-state index contributed by atoms with van der Waals surface area (Å²) in [4.78, 5) is 33.8. The van der Waals surface area contributed by atoms with E-state index in [1.165, 1.54) is 6.92 Å². The van der Waals surface area contributed by atoms with Crippen molar-refractivity contribution in [3.63, 3.8) is 0 Å². The average molecular weight is 398 g/mol. The van der Waals surface area contributed by atoms with Gasteiger partial charge in [0, 0.05) is 37.7 Å². The third-order valence-corrected chi connectivity index (χ3v) is 4.31. The van der Waals surface area contributed by atoms with Gasteiger partial charge in [-0.2, -0.15) is 0 Å². The van der Waals surface area contributed by atoms with Crippen LogP contribution >= 0.6 is 0 Å². The van der Waals surface area contributed by atoms with E-state index in [9.17, 15) is 14.4 Å². The molecule has 0 spiro atoms. The number of hydrogen-bond acceptors (Lipinski definition) is 5. The predicted molar refractivity (Wildman–Crippen MR) is 111 cm³/mol. The molecule has 154 valence electrons. The van der Waals surface area contributed by atoms with Crippen molar-refractivity contribution in [1.82, 2.24) is 5.32 Å².